The van der Waals surface area contributed by atoms with E-state index in [1.807, 2.05) is 54.6 Å². The molecule has 0 fully saturated rings. The Kier molecular flexibility index (Phi) is 4.33. The van der Waals surface area contributed by atoms with Crippen molar-refractivity contribution in [2.45, 2.75) is 6.61 Å². The summed E-state index contributed by atoms with van der Waals surface area (Å²) in [4.78, 5) is 7.44. The van der Waals surface area contributed by atoms with Gasteiger partial charge in [-0.05, 0) is 29.8 Å². The lowest BCUT2D eigenvalue weighted by atomic mass is 10.2. The topological polar surface area (TPSA) is 70.3 Å². The highest BCUT2D eigenvalue weighted by molar-refractivity contribution is 5.34. The van der Waals surface area contributed by atoms with Crippen LogP contribution >= 0.6 is 0 Å². The number of nitrogens with zero attached hydrogens (tertiary/aromatic N) is 2. The number of hydrogen-bond donors (Lipinski definition) is 1. The van der Waals surface area contributed by atoms with Gasteiger partial charge in [0.2, 0.25) is 0 Å². The first-order valence-electron chi connectivity index (χ1n) is 6.93. The second-order valence-corrected chi connectivity index (χ2v) is 4.74. The maximum atomic E-state index is 13.0. The number of rotatable bonds is 5. The van der Waals surface area contributed by atoms with E-state index < -0.39 is 5.82 Å². The van der Waals surface area contributed by atoms with Gasteiger partial charge in [0.25, 0.3) is 0 Å². The minimum Gasteiger partial charge on any atom is -0.459 e. The Hall–Kier alpha value is -3.15. The smallest absolute Gasteiger partial charge is 0.318 e. The van der Waals surface area contributed by atoms with Gasteiger partial charge in [-0.2, -0.15) is 4.98 Å². The molecule has 3 rings (SSSR count). The summed E-state index contributed by atoms with van der Waals surface area (Å²) in [5.41, 5.74) is 6.24. The van der Waals surface area contributed by atoms with Gasteiger partial charge in [-0.25, -0.2) is 9.37 Å². The zero-order chi connectivity index (χ0) is 16.1. The van der Waals surface area contributed by atoms with Crippen LogP contribution in [0.3, 0.4) is 0 Å². The summed E-state index contributed by atoms with van der Waals surface area (Å²) in [5, 5.41) is 0. The number of anilines is 1. The van der Waals surface area contributed by atoms with Gasteiger partial charge in [0.1, 0.15) is 18.1 Å². The molecule has 0 spiro atoms. The van der Waals surface area contributed by atoms with Crippen molar-refractivity contribution in [3.8, 4) is 17.5 Å². The first-order chi connectivity index (χ1) is 11.2. The summed E-state index contributed by atoms with van der Waals surface area (Å²) in [6, 6.07) is 16.9. The minimum atomic E-state index is -0.671. The predicted molar refractivity (Wildman–Crippen MR) is 83.7 cm³/mol. The molecule has 0 bridgehead atoms. The summed E-state index contributed by atoms with van der Waals surface area (Å²) in [6.45, 7) is 0.219. The van der Waals surface area contributed by atoms with Crippen LogP contribution in [0, 0.1) is 5.82 Å². The van der Waals surface area contributed by atoms with E-state index in [-0.39, 0.29) is 18.4 Å². The Labute approximate surface area is 132 Å². The van der Waals surface area contributed by atoms with E-state index in [2.05, 4.69) is 9.97 Å². The summed E-state index contributed by atoms with van der Waals surface area (Å²) >= 11 is 0. The molecule has 5 nitrogen and oxygen atoms in total. The van der Waals surface area contributed by atoms with Crippen LogP contribution in [0.15, 0.2) is 60.8 Å². The summed E-state index contributed by atoms with van der Waals surface area (Å²) in [7, 11) is 0. The van der Waals surface area contributed by atoms with Crippen LogP contribution in [0.25, 0.3) is 0 Å². The molecule has 0 radical (unpaired) electrons. The molecule has 2 aromatic carbocycles. The second-order valence-electron chi connectivity index (χ2n) is 4.74. The zero-order valence-electron chi connectivity index (χ0n) is 12.1. The van der Waals surface area contributed by atoms with E-state index in [0.29, 0.717) is 5.75 Å². The van der Waals surface area contributed by atoms with Gasteiger partial charge in [-0.3, -0.25) is 0 Å². The molecule has 0 atom stereocenters. The Balaban J connectivity index is 1.66. The normalized spacial score (nSPS) is 10.3. The summed E-state index contributed by atoms with van der Waals surface area (Å²) in [5.74, 6) is 0.531. The third-order valence-electron chi connectivity index (χ3n) is 2.99. The third-order valence-corrected chi connectivity index (χ3v) is 2.99. The molecule has 23 heavy (non-hydrogen) atoms. The number of aromatic nitrogens is 2. The minimum absolute atomic E-state index is 0.0262. The third kappa shape index (κ3) is 3.94. The first kappa shape index (κ1) is 14.8. The van der Waals surface area contributed by atoms with Crippen LogP contribution < -0.4 is 15.2 Å². The molecule has 0 amide bonds. The van der Waals surface area contributed by atoms with Crippen molar-refractivity contribution in [1.82, 2.24) is 9.97 Å². The Morgan fingerprint density at radius 3 is 2.57 bits per heavy atom. The number of para-hydroxylation sites is 1. The van der Waals surface area contributed by atoms with Crippen molar-refractivity contribution in [1.29, 1.82) is 0 Å². The molecule has 0 saturated heterocycles. The van der Waals surface area contributed by atoms with E-state index in [1.165, 1.54) is 0 Å². The van der Waals surface area contributed by atoms with Crippen molar-refractivity contribution < 1.29 is 13.9 Å². The number of ether oxygens (including phenoxy) is 2. The van der Waals surface area contributed by atoms with Gasteiger partial charge in [0.15, 0.2) is 11.6 Å². The molecule has 0 saturated carbocycles. The van der Waals surface area contributed by atoms with Crippen molar-refractivity contribution >= 4 is 5.82 Å². The molecule has 1 heterocycles. The lowest BCUT2D eigenvalue weighted by molar-refractivity contribution is 0.279. The van der Waals surface area contributed by atoms with Crippen LogP contribution in [0.4, 0.5) is 10.2 Å². The molecule has 0 aliphatic heterocycles. The molecule has 0 aliphatic carbocycles. The molecule has 1 aromatic heterocycles. The Morgan fingerprint density at radius 2 is 1.78 bits per heavy atom. The van der Waals surface area contributed by atoms with Gasteiger partial charge >= 0.3 is 6.01 Å². The van der Waals surface area contributed by atoms with Gasteiger partial charge in [-0.15, -0.1) is 0 Å². The van der Waals surface area contributed by atoms with Gasteiger partial charge in [0, 0.05) is 0 Å². The lowest BCUT2D eigenvalue weighted by Gasteiger charge is -2.08. The van der Waals surface area contributed by atoms with E-state index in [0.717, 1.165) is 17.5 Å². The quantitative estimate of drug-likeness (QED) is 0.780. The maximum Gasteiger partial charge on any atom is 0.318 e. The van der Waals surface area contributed by atoms with Crippen LogP contribution in [0.2, 0.25) is 0 Å². The van der Waals surface area contributed by atoms with E-state index in [4.69, 9.17) is 15.2 Å². The van der Waals surface area contributed by atoms with Crippen molar-refractivity contribution in [3.63, 3.8) is 0 Å². The number of benzene rings is 2. The van der Waals surface area contributed by atoms with Crippen molar-refractivity contribution in [2.75, 3.05) is 5.73 Å². The molecule has 3 aromatic rings. The fraction of sp³-hybridized carbons (Fsp3) is 0.0588. The van der Waals surface area contributed by atoms with Gasteiger partial charge in [0.05, 0.1) is 6.20 Å². The standard InChI is InChI=1S/C17H14FN3O2/c18-15-10-20-17(21-16(15)19)22-11-12-5-4-8-14(9-12)23-13-6-2-1-3-7-13/h1-10H,11H2,(H2,19,20,21). The zero-order valence-corrected chi connectivity index (χ0v) is 12.1. The van der Waals surface area contributed by atoms with Gasteiger partial charge in [-0.1, -0.05) is 30.3 Å². The van der Waals surface area contributed by atoms with Crippen LogP contribution in [0.1, 0.15) is 5.56 Å². The highest BCUT2D eigenvalue weighted by Gasteiger charge is 2.05. The van der Waals surface area contributed by atoms with Gasteiger partial charge < -0.3 is 15.2 Å². The number of nitrogen functional groups attached to an aromatic ring is 1. The van der Waals surface area contributed by atoms with Crippen LogP contribution in [-0.2, 0) is 6.61 Å². The molecule has 0 unspecified atom stereocenters. The molecule has 116 valence electrons. The highest BCUT2D eigenvalue weighted by atomic mass is 19.1. The highest BCUT2D eigenvalue weighted by Crippen LogP contribution is 2.22. The monoisotopic (exact) mass is 311 g/mol. The number of hydrogen-bond acceptors (Lipinski definition) is 5. The number of nitrogens with two attached hydrogens (primary N) is 1. The first-order valence-corrected chi connectivity index (χ1v) is 6.93. The average molecular weight is 311 g/mol. The Morgan fingerprint density at radius 1 is 1.00 bits per heavy atom. The number of halogens is 1. The average Bonchev–Trinajstić information content (AvgIpc) is 2.57. The lowest BCUT2D eigenvalue weighted by Crippen LogP contribution is -2.03. The Bertz CT molecular complexity index is 797. The van der Waals surface area contributed by atoms with Crippen LogP contribution in [-0.4, -0.2) is 9.97 Å². The second kappa shape index (κ2) is 6.74. The maximum absolute atomic E-state index is 13.0. The van der Waals surface area contributed by atoms with E-state index in [9.17, 15) is 4.39 Å². The van der Waals surface area contributed by atoms with Crippen molar-refractivity contribution in [2.24, 2.45) is 0 Å². The molecule has 0 aliphatic rings. The van der Waals surface area contributed by atoms with E-state index in [1.54, 1.807) is 0 Å². The molecular formula is C17H14FN3O2. The van der Waals surface area contributed by atoms with E-state index >= 15 is 0 Å². The largest absolute Gasteiger partial charge is 0.459 e. The predicted octanol–water partition coefficient (Wildman–Crippen LogP) is 3.57. The SMILES string of the molecule is Nc1nc(OCc2cccc(Oc3ccccc3)c2)ncc1F. The van der Waals surface area contributed by atoms with Crippen molar-refractivity contribution in [3.05, 3.63) is 72.2 Å². The molecule has 6 heteroatoms. The summed E-state index contributed by atoms with van der Waals surface area (Å²) < 4.78 is 24.2. The fourth-order valence-corrected chi connectivity index (χ4v) is 1.90. The fourth-order valence-electron chi connectivity index (χ4n) is 1.90. The van der Waals surface area contributed by atoms with Crippen LogP contribution in [0.5, 0.6) is 17.5 Å². The summed E-state index contributed by atoms with van der Waals surface area (Å²) in [6.07, 6.45) is 0.979. The molecule has 2 N–H and O–H groups in total. The molecular weight excluding hydrogens is 297 g/mol.